The molecule has 0 aliphatic carbocycles. The molecule has 0 spiro atoms. The number of carbonyl (C=O) groups excluding carboxylic acids is 2. The number of likely N-dealkylation sites (tertiary alicyclic amines) is 1. The number of aryl methyl sites for hydroxylation is 1. The Morgan fingerprint density at radius 2 is 1.85 bits per heavy atom. The number of nitrogens with one attached hydrogen (secondary N) is 1. The number of ether oxygens (including phenoxy) is 1. The highest BCUT2D eigenvalue weighted by Crippen LogP contribution is 2.26. The maximum Gasteiger partial charge on any atom is 0.410 e. The lowest BCUT2D eigenvalue weighted by molar-refractivity contribution is -0.128. The van der Waals surface area contributed by atoms with Crippen LogP contribution in [0.3, 0.4) is 0 Å². The maximum absolute atomic E-state index is 13.1. The van der Waals surface area contributed by atoms with Gasteiger partial charge < -0.3 is 14.6 Å². The van der Waals surface area contributed by atoms with Gasteiger partial charge in [0.25, 0.3) is 0 Å². The van der Waals surface area contributed by atoms with Crippen LogP contribution < -0.4 is 5.32 Å². The average molecular weight is 539 g/mol. The van der Waals surface area contributed by atoms with Crippen LogP contribution in [0, 0.1) is 29.6 Å². The van der Waals surface area contributed by atoms with Crippen LogP contribution in [-0.4, -0.2) is 50.7 Å². The van der Waals surface area contributed by atoms with Crippen LogP contribution in [0.1, 0.15) is 57.0 Å². The zero-order valence-electron chi connectivity index (χ0n) is 23.3. The van der Waals surface area contributed by atoms with E-state index in [1.165, 1.54) is 4.90 Å². The summed E-state index contributed by atoms with van der Waals surface area (Å²) in [6.07, 6.45) is 5.51. The molecule has 0 saturated carbocycles. The summed E-state index contributed by atoms with van der Waals surface area (Å²) in [6, 6.07) is 16.5. The molecule has 1 aliphatic rings. The first-order chi connectivity index (χ1) is 19.1. The molecule has 2 heterocycles. The molecule has 3 aromatic rings. The summed E-state index contributed by atoms with van der Waals surface area (Å²) in [4.78, 5) is 31.6. The molecule has 40 heavy (non-hydrogen) atoms. The fourth-order valence-corrected chi connectivity index (χ4v) is 4.85. The van der Waals surface area contributed by atoms with E-state index in [2.05, 4.69) is 22.4 Å². The average Bonchev–Trinajstić information content (AvgIpc) is 3.37. The monoisotopic (exact) mass is 538 g/mol. The predicted molar refractivity (Wildman–Crippen MR) is 150 cm³/mol. The number of aromatic nitrogens is 2. The number of amides is 2. The molecule has 1 N–H and O–H groups in total. The minimum atomic E-state index is -0.744. The van der Waals surface area contributed by atoms with E-state index >= 15 is 0 Å². The van der Waals surface area contributed by atoms with E-state index in [9.17, 15) is 20.1 Å². The van der Waals surface area contributed by atoms with Gasteiger partial charge in [0.2, 0.25) is 5.91 Å². The summed E-state index contributed by atoms with van der Waals surface area (Å²) in [6.45, 7) is 7.71. The van der Waals surface area contributed by atoms with Crippen LogP contribution in [0.15, 0.2) is 54.9 Å². The molecule has 2 aromatic carbocycles. The van der Waals surface area contributed by atoms with E-state index in [1.54, 1.807) is 33.0 Å². The highest BCUT2D eigenvalue weighted by atomic mass is 16.6. The molecule has 4 rings (SSSR count). The Balaban J connectivity index is 1.45. The molecule has 1 aliphatic heterocycles. The molecular weight excluding hydrogens is 504 g/mol. The Bertz CT molecular complexity index is 1460. The SMILES string of the molecule is Cc1nccn1-c1cc(-c2ccc(C[C@@H](C#N)NC(=O)C3CCCCN3C(=O)OC(C)(C)C)cc2)ccc1C#N. The number of rotatable bonds is 6. The number of hydrogen-bond acceptors (Lipinski definition) is 6. The van der Waals surface area contributed by atoms with Crippen molar-refractivity contribution in [2.75, 3.05) is 6.54 Å². The van der Waals surface area contributed by atoms with Gasteiger partial charge in [-0.2, -0.15) is 10.5 Å². The van der Waals surface area contributed by atoms with Gasteiger partial charge in [-0.25, -0.2) is 9.78 Å². The van der Waals surface area contributed by atoms with E-state index in [0.717, 1.165) is 41.0 Å². The third kappa shape index (κ3) is 6.68. The van der Waals surface area contributed by atoms with Crippen molar-refractivity contribution in [2.45, 2.75) is 71.1 Å². The summed E-state index contributed by atoms with van der Waals surface area (Å²) >= 11 is 0. The third-order valence-corrected chi connectivity index (χ3v) is 6.84. The molecule has 1 fully saturated rings. The van der Waals surface area contributed by atoms with Crippen LogP contribution in [0.4, 0.5) is 4.79 Å². The minimum Gasteiger partial charge on any atom is -0.444 e. The van der Waals surface area contributed by atoms with Crippen LogP contribution in [0.2, 0.25) is 0 Å². The first kappa shape index (κ1) is 28.4. The normalized spacial score (nSPS) is 15.9. The van der Waals surface area contributed by atoms with Gasteiger partial charge in [-0.1, -0.05) is 30.3 Å². The highest BCUT2D eigenvalue weighted by Gasteiger charge is 2.35. The van der Waals surface area contributed by atoms with Crippen molar-refractivity contribution < 1.29 is 14.3 Å². The third-order valence-electron chi connectivity index (χ3n) is 6.84. The van der Waals surface area contributed by atoms with E-state index in [0.29, 0.717) is 24.9 Å². The van der Waals surface area contributed by atoms with Gasteiger partial charge in [-0.15, -0.1) is 0 Å². The standard InChI is InChI=1S/C31H34N6O3/c1-21-34-14-16-36(21)28-18-24(12-13-25(28)19-32)23-10-8-22(9-11-23)17-26(20-33)35-29(38)27-7-5-6-15-37(27)30(39)40-31(2,3)4/h8-14,16,18,26-27H,5-7,15,17H2,1-4H3,(H,35,38)/t26-,27?/m0/s1. The van der Waals surface area contributed by atoms with Crippen molar-refractivity contribution in [3.8, 4) is 29.0 Å². The van der Waals surface area contributed by atoms with Crippen LogP contribution >= 0.6 is 0 Å². The van der Waals surface area contributed by atoms with E-state index in [4.69, 9.17) is 4.74 Å². The number of hydrogen-bond donors (Lipinski definition) is 1. The number of nitrogens with zero attached hydrogens (tertiary/aromatic N) is 5. The molecule has 0 bridgehead atoms. The van der Waals surface area contributed by atoms with Crippen molar-refractivity contribution in [1.29, 1.82) is 10.5 Å². The van der Waals surface area contributed by atoms with E-state index < -0.39 is 23.8 Å². The zero-order valence-corrected chi connectivity index (χ0v) is 23.3. The van der Waals surface area contributed by atoms with Crippen LogP contribution in [0.5, 0.6) is 0 Å². The second-order valence-electron chi connectivity index (χ2n) is 11.0. The van der Waals surface area contributed by atoms with Crippen molar-refractivity contribution in [1.82, 2.24) is 19.8 Å². The molecule has 1 unspecified atom stereocenters. The molecule has 206 valence electrons. The topological polar surface area (TPSA) is 124 Å². The molecular formula is C31H34N6O3. The largest absolute Gasteiger partial charge is 0.444 e. The van der Waals surface area contributed by atoms with Gasteiger partial charge in [0, 0.05) is 25.4 Å². The number of benzene rings is 2. The Hall–Kier alpha value is -4.63. The smallest absolute Gasteiger partial charge is 0.410 e. The quantitative estimate of drug-likeness (QED) is 0.468. The number of carbonyl (C=O) groups is 2. The van der Waals surface area contributed by atoms with Crippen molar-refractivity contribution in [3.63, 3.8) is 0 Å². The molecule has 1 aromatic heterocycles. The summed E-state index contributed by atoms with van der Waals surface area (Å²) < 4.78 is 7.38. The summed E-state index contributed by atoms with van der Waals surface area (Å²) in [7, 11) is 0. The fraction of sp³-hybridized carbons (Fsp3) is 0.387. The van der Waals surface area contributed by atoms with Crippen molar-refractivity contribution in [2.24, 2.45) is 0 Å². The zero-order chi connectivity index (χ0) is 28.9. The Morgan fingerprint density at radius 3 is 2.48 bits per heavy atom. The van der Waals surface area contributed by atoms with Crippen LogP contribution in [0.25, 0.3) is 16.8 Å². The molecule has 1 saturated heterocycles. The lowest BCUT2D eigenvalue weighted by Crippen LogP contribution is -2.54. The number of nitriles is 2. The van der Waals surface area contributed by atoms with Gasteiger partial charge in [0.15, 0.2) is 0 Å². The van der Waals surface area contributed by atoms with E-state index in [-0.39, 0.29) is 5.91 Å². The summed E-state index contributed by atoms with van der Waals surface area (Å²) in [5.41, 5.74) is 3.45. The lowest BCUT2D eigenvalue weighted by atomic mass is 9.98. The van der Waals surface area contributed by atoms with Crippen LogP contribution in [-0.2, 0) is 16.0 Å². The molecule has 0 radical (unpaired) electrons. The van der Waals surface area contributed by atoms with Gasteiger partial charge in [0.05, 0.1) is 17.3 Å². The Labute approximate surface area is 235 Å². The lowest BCUT2D eigenvalue weighted by Gasteiger charge is -2.36. The Morgan fingerprint density at radius 1 is 1.12 bits per heavy atom. The number of piperidine rings is 1. The van der Waals surface area contributed by atoms with Gasteiger partial charge in [0.1, 0.15) is 29.6 Å². The minimum absolute atomic E-state index is 0.328. The van der Waals surface area contributed by atoms with E-state index in [1.807, 2.05) is 54.1 Å². The predicted octanol–water partition coefficient (Wildman–Crippen LogP) is 5.06. The van der Waals surface area contributed by atoms with Crippen molar-refractivity contribution >= 4 is 12.0 Å². The Kier molecular flexibility index (Phi) is 8.55. The second-order valence-corrected chi connectivity index (χ2v) is 11.0. The van der Waals surface area contributed by atoms with Crippen molar-refractivity contribution in [3.05, 3.63) is 71.8 Å². The summed E-state index contributed by atoms with van der Waals surface area (Å²) in [5, 5.41) is 22.2. The molecule has 2 amide bonds. The highest BCUT2D eigenvalue weighted by molar-refractivity contribution is 5.86. The van der Waals surface area contributed by atoms with Gasteiger partial charge in [-0.3, -0.25) is 9.69 Å². The number of imidazole rings is 1. The summed E-state index contributed by atoms with van der Waals surface area (Å²) in [5.74, 6) is 0.449. The first-order valence-electron chi connectivity index (χ1n) is 13.4. The van der Waals surface area contributed by atoms with Gasteiger partial charge in [-0.05, 0) is 75.8 Å². The molecule has 9 heteroatoms. The fourth-order valence-electron chi connectivity index (χ4n) is 4.85. The van der Waals surface area contributed by atoms with Gasteiger partial charge >= 0.3 is 6.09 Å². The molecule has 2 atom stereocenters. The molecule has 9 nitrogen and oxygen atoms in total. The first-order valence-corrected chi connectivity index (χ1v) is 13.4. The maximum atomic E-state index is 13.1. The second kappa shape index (κ2) is 12.0.